The fourth-order valence-corrected chi connectivity index (χ4v) is 4.49. The zero-order valence-electron chi connectivity index (χ0n) is 20.5. The molecule has 2 unspecified atom stereocenters. The number of allylic oxidation sites excluding steroid dienone is 2. The Morgan fingerprint density at radius 3 is 2.31 bits per heavy atom. The molecule has 2 aromatic rings. The van der Waals surface area contributed by atoms with Crippen molar-refractivity contribution in [2.45, 2.75) is 26.7 Å². The third-order valence-corrected chi connectivity index (χ3v) is 6.59. The molecule has 0 aliphatic heterocycles. The van der Waals surface area contributed by atoms with E-state index >= 15 is 0 Å². The van der Waals surface area contributed by atoms with Gasteiger partial charge < -0.3 is 14.2 Å². The number of carbonyl (C=O) groups is 3. The highest BCUT2D eigenvalue weighted by Gasteiger charge is 2.26. The van der Waals surface area contributed by atoms with Gasteiger partial charge in [0.2, 0.25) is 0 Å². The lowest BCUT2D eigenvalue weighted by Gasteiger charge is -2.21. The second-order valence-corrected chi connectivity index (χ2v) is 9.56. The molecule has 36 heavy (non-hydrogen) atoms. The van der Waals surface area contributed by atoms with E-state index in [0.29, 0.717) is 23.7 Å². The lowest BCUT2D eigenvalue weighted by Crippen LogP contribution is -2.25. The summed E-state index contributed by atoms with van der Waals surface area (Å²) in [7, 11) is 0. The number of benzene rings is 2. The Morgan fingerprint density at radius 2 is 1.64 bits per heavy atom. The highest BCUT2D eigenvalue weighted by molar-refractivity contribution is 8.03. The molecule has 0 fully saturated rings. The van der Waals surface area contributed by atoms with Crippen LogP contribution in [0, 0.1) is 18.8 Å². The number of carbonyl (C=O) groups excluding carboxylic acids is 3. The van der Waals surface area contributed by atoms with Crippen molar-refractivity contribution in [1.29, 1.82) is 0 Å². The Morgan fingerprint density at radius 1 is 0.972 bits per heavy atom. The van der Waals surface area contributed by atoms with Gasteiger partial charge in [0.1, 0.15) is 11.5 Å². The predicted molar refractivity (Wildman–Crippen MR) is 141 cm³/mol. The summed E-state index contributed by atoms with van der Waals surface area (Å²) >= 11 is 1.71. The SMILES string of the molecule is C=CC(=O)OCCCCSC1=CC(C)C(C(=O)Oc2ccc(C(=O)Oc3ccc(C)cc3)cc2)C=C1. The number of thioether (sulfide) groups is 1. The molecule has 1 aliphatic carbocycles. The third kappa shape index (κ3) is 8.27. The van der Waals surface area contributed by atoms with E-state index in [1.165, 1.54) is 0 Å². The predicted octanol–water partition coefficient (Wildman–Crippen LogP) is 6.07. The number of aryl methyl sites for hydroxylation is 1. The highest BCUT2D eigenvalue weighted by Crippen LogP contribution is 2.30. The molecule has 1 aliphatic rings. The molecule has 0 heterocycles. The highest BCUT2D eigenvalue weighted by atomic mass is 32.2. The minimum absolute atomic E-state index is 0.0118. The zero-order valence-corrected chi connectivity index (χ0v) is 21.3. The minimum Gasteiger partial charge on any atom is -0.463 e. The van der Waals surface area contributed by atoms with Crippen LogP contribution >= 0.6 is 11.8 Å². The Balaban J connectivity index is 1.44. The van der Waals surface area contributed by atoms with Crippen LogP contribution in [0.25, 0.3) is 0 Å². The van der Waals surface area contributed by atoms with Gasteiger partial charge in [-0.25, -0.2) is 9.59 Å². The van der Waals surface area contributed by atoms with Gasteiger partial charge in [-0.1, -0.05) is 49.4 Å². The van der Waals surface area contributed by atoms with Crippen LogP contribution in [0.2, 0.25) is 0 Å². The molecule has 2 atom stereocenters. The van der Waals surface area contributed by atoms with Gasteiger partial charge >= 0.3 is 17.9 Å². The first-order chi connectivity index (χ1) is 17.4. The van der Waals surface area contributed by atoms with Crippen LogP contribution in [0.15, 0.2) is 84.3 Å². The van der Waals surface area contributed by atoms with Crippen LogP contribution in [0.5, 0.6) is 11.5 Å². The van der Waals surface area contributed by atoms with Crippen molar-refractivity contribution in [2.75, 3.05) is 12.4 Å². The average Bonchev–Trinajstić information content (AvgIpc) is 2.87. The summed E-state index contributed by atoms with van der Waals surface area (Å²) in [6.07, 6.45) is 8.74. The van der Waals surface area contributed by atoms with E-state index in [4.69, 9.17) is 14.2 Å². The minimum atomic E-state index is -0.478. The molecular weight excluding hydrogens is 476 g/mol. The average molecular weight is 507 g/mol. The first-order valence-corrected chi connectivity index (χ1v) is 12.8. The quantitative estimate of drug-likeness (QED) is 0.158. The number of hydrogen-bond acceptors (Lipinski definition) is 7. The van der Waals surface area contributed by atoms with Gasteiger partial charge in [0.05, 0.1) is 18.1 Å². The van der Waals surface area contributed by atoms with Gasteiger partial charge in [0, 0.05) is 11.0 Å². The standard InChI is InChI=1S/C29H30O6S/c1-4-27(30)33-17-5-6-18-36-25-15-16-26(21(3)19-25)29(32)35-24-13-9-22(10-14-24)28(31)34-23-11-7-20(2)8-12-23/h4,7-16,19,21,26H,1,5-6,17-18H2,2-3H3. The first kappa shape index (κ1) is 27.0. The summed E-state index contributed by atoms with van der Waals surface area (Å²) in [4.78, 5) is 37.2. The first-order valence-electron chi connectivity index (χ1n) is 11.8. The molecule has 2 aromatic carbocycles. The van der Waals surface area contributed by atoms with Crippen LogP contribution in [0.1, 0.15) is 35.7 Å². The van der Waals surface area contributed by atoms with E-state index in [1.54, 1.807) is 48.2 Å². The Hall–Kier alpha value is -3.58. The maximum Gasteiger partial charge on any atom is 0.343 e. The van der Waals surface area contributed by atoms with Crippen molar-refractivity contribution in [1.82, 2.24) is 0 Å². The summed E-state index contributed by atoms with van der Waals surface area (Å²) in [5.74, 6) is 0.103. The van der Waals surface area contributed by atoms with E-state index in [0.717, 1.165) is 35.1 Å². The number of ether oxygens (including phenoxy) is 3. The summed E-state index contributed by atoms with van der Waals surface area (Å²) in [5.41, 5.74) is 1.44. The smallest absolute Gasteiger partial charge is 0.343 e. The maximum absolute atomic E-state index is 12.7. The Bertz CT molecular complexity index is 1130. The third-order valence-electron chi connectivity index (χ3n) is 5.49. The van der Waals surface area contributed by atoms with Crippen LogP contribution in [-0.4, -0.2) is 30.3 Å². The normalized spacial score (nSPS) is 16.6. The lowest BCUT2D eigenvalue weighted by molar-refractivity contribution is -0.139. The second-order valence-electron chi connectivity index (χ2n) is 8.39. The largest absolute Gasteiger partial charge is 0.463 e. The van der Waals surface area contributed by atoms with Gasteiger partial charge in [-0.3, -0.25) is 4.79 Å². The van der Waals surface area contributed by atoms with E-state index < -0.39 is 11.9 Å². The fourth-order valence-electron chi connectivity index (χ4n) is 3.42. The molecule has 0 N–H and O–H groups in total. The number of unbranched alkanes of at least 4 members (excludes halogenated alkanes) is 1. The molecule has 0 saturated heterocycles. The molecule has 0 aromatic heterocycles. The lowest BCUT2D eigenvalue weighted by atomic mass is 9.90. The summed E-state index contributed by atoms with van der Waals surface area (Å²) in [6.45, 7) is 7.69. The molecule has 0 spiro atoms. The van der Waals surface area contributed by atoms with E-state index in [2.05, 4.69) is 12.7 Å². The van der Waals surface area contributed by atoms with Crippen molar-refractivity contribution < 1.29 is 28.6 Å². The van der Waals surface area contributed by atoms with Crippen LogP contribution in [0.3, 0.4) is 0 Å². The van der Waals surface area contributed by atoms with Gasteiger partial charge in [0.25, 0.3) is 0 Å². The Labute approximate surface area is 216 Å². The molecule has 7 heteroatoms. The molecular formula is C29H30O6S. The van der Waals surface area contributed by atoms with Crippen molar-refractivity contribution in [3.63, 3.8) is 0 Å². The number of esters is 3. The molecule has 6 nitrogen and oxygen atoms in total. The Kier molecular flexibility index (Phi) is 10.1. The van der Waals surface area contributed by atoms with E-state index in [1.807, 2.05) is 38.1 Å². The number of rotatable bonds is 11. The molecule has 0 bridgehead atoms. The fraction of sp³-hybridized carbons (Fsp3) is 0.276. The van der Waals surface area contributed by atoms with Gasteiger partial charge in [-0.15, -0.1) is 11.8 Å². The van der Waals surface area contributed by atoms with Crippen LogP contribution in [-0.2, 0) is 14.3 Å². The molecule has 0 amide bonds. The number of hydrogen-bond donors (Lipinski definition) is 0. The molecule has 0 saturated carbocycles. The van der Waals surface area contributed by atoms with E-state index in [9.17, 15) is 14.4 Å². The van der Waals surface area contributed by atoms with Crippen LogP contribution in [0.4, 0.5) is 0 Å². The van der Waals surface area contributed by atoms with Gasteiger partial charge in [-0.2, -0.15) is 0 Å². The second kappa shape index (κ2) is 13.5. The summed E-state index contributed by atoms with van der Waals surface area (Å²) in [6, 6.07) is 13.5. The maximum atomic E-state index is 12.7. The van der Waals surface area contributed by atoms with Gasteiger partial charge in [0.15, 0.2) is 0 Å². The molecule has 3 rings (SSSR count). The summed E-state index contributed by atoms with van der Waals surface area (Å²) < 4.78 is 15.9. The van der Waals surface area contributed by atoms with Crippen molar-refractivity contribution in [3.8, 4) is 11.5 Å². The monoisotopic (exact) mass is 506 g/mol. The van der Waals surface area contributed by atoms with Crippen molar-refractivity contribution in [2.24, 2.45) is 11.8 Å². The molecule has 188 valence electrons. The summed E-state index contributed by atoms with van der Waals surface area (Å²) in [5, 5.41) is 0. The zero-order chi connectivity index (χ0) is 25.9. The van der Waals surface area contributed by atoms with Crippen molar-refractivity contribution in [3.05, 3.63) is 95.4 Å². The van der Waals surface area contributed by atoms with Crippen LogP contribution < -0.4 is 9.47 Å². The molecule has 0 radical (unpaired) electrons. The van der Waals surface area contributed by atoms with Crippen molar-refractivity contribution >= 4 is 29.7 Å². The topological polar surface area (TPSA) is 78.9 Å². The van der Waals surface area contributed by atoms with E-state index in [-0.39, 0.29) is 17.8 Å². The van der Waals surface area contributed by atoms with Gasteiger partial charge in [-0.05, 0) is 67.8 Å².